The first-order valence-corrected chi connectivity index (χ1v) is 14.2. The average Bonchev–Trinajstić information content (AvgIpc) is 3.30. The number of ether oxygens (including phenoxy) is 3. The number of benzene rings is 3. The van der Waals surface area contributed by atoms with Gasteiger partial charge in [-0.05, 0) is 43.2 Å². The number of carbonyl (C=O) groups excluding carboxylic acids is 3. The number of hydrogen-bond donors (Lipinski definition) is 3. The van der Waals surface area contributed by atoms with Crippen LogP contribution in [0.25, 0.3) is 5.57 Å². The highest BCUT2D eigenvalue weighted by molar-refractivity contribution is 6.41. The fourth-order valence-corrected chi connectivity index (χ4v) is 6.54. The number of phenols is 1. The van der Waals surface area contributed by atoms with Gasteiger partial charge in [0.1, 0.15) is 29.3 Å². The molecule has 1 aliphatic carbocycles. The third-order valence-electron chi connectivity index (χ3n) is 8.54. The van der Waals surface area contributed by atoms with Crippen LogP contribution in [0.2, 0.25) is 0 Å². The summed E-state index contributed by atoms with van der Waals surface area (Å²) in [5, 5.41) is 31.5. The maximum atomic E-state index is 14.6. The minimum atomic E-state index is -1.10. The summed E-state index contributed by atoms with van der Waals surface area (Å²) >= 11 is 0. The van der Waals surface area contributed by atoms with E-state index in [0.29, 0.717) is 11.1 Å². The van der Waals surface area contributed by atoms with Crippen LogP contribution >= 0.6 is 0 Å². The van der Waals surface area contributed by atoms with Crippen LogP contribution in [0.3, 0.4) is 0 Å². The molecule has 0 spiro atoms. The van der Waals surface area contributed by atoms with Gasteiger partial charge in [-0.3, -0.25) is 9.59 Å². The van der Waals surface area contributed by atoms with Crippen LogP contribution in [0.1, 0.15) is 62.5 Å². The summed E-state index contributed by atoms with van der Waals surface area (Å²) < 4.78 is 17.6. The Kier molecular flexibility index (Phi) is 6.39. The fourth-order valence-electron chi connectivity index (χ4n) is 6.54. The molecule has 3 aromatic carbocycles. The average molecular weight is 584 g/mol. The van der Waals surface area contributed by atoms with Crippen molar-refractivity contribution in [3.05, 3.63) is 99.7 Å². The van der Waals surface area contributed by atoms with Crippen molar-refractivity contribution in [3.63, 3.8) is 0 Å². The van der Waals surface area contributed by atoms with Gasteiger partial charge in [0.05, 0.1) is 23.3 Å². The number of carbonyl (C=O) groups is 3. The highest BCUT2D eigenvalue weighted by Gasteiger charge is 2.54. The molecular formula is C33H29NO9. The molecule has 6 atom stereocenters. The Morgan fingerprint density at radius 1 is 0.977 bits per heavy atom. The molecule has 0 amide bonds. The lowest BCUT2D eigenvalue weighted by atomic mass is 9.78. The summed E-state index contributed by atoms with van der Waals surface area (Å²) in [6.45, 7) is 3.38. The first kappa shape index (κ1) is 27.3. The van der Waals surface area contributed by atoms with Crippen molar-refractivity contribution in [2.75, 3.05) is 0 Å². The summed E-state index contributed by atoms with van der Waals surface area (Å²) in [5.41, 5.74) is 2.12. The van der Waals surface area contributed by atoms with E-state index in [-0.39, 0.29) is 52.3 Å². The Bertz CT molecular complexity index is 1700. The second-order valence-electron chi connectivity index (χ2n) is 11.4. The fraction of sp³-hybridized carbons (Fsp3) is 0.303. The maximum absolute atomic E-state index is 14.6. The van der Waals surface area contributed by atoms with Crippen LogP contribution in [0.15, 0.2) is 66.4 Å². The monoisotopic (exact) mass is 583 g/mol. The number of fused-ring (bicyclic) bond motifs is 6. The van der Waals surface area contributed by atoms with E-state index in [1.807, 2.05) is 30.3 Å². The van der Waals surface area contributed by atoms with Crippen LogP contribution in [0.5, 0.6) is 11.5 Å². The molecule has 43 heavy (non-hydrogen) atoms. The topological polar surface area (TPSA) is 143 Å². The van der Waals surface area contributed by atoms with Crippen molar-refractivity contribution >= 4 is 23.1 Å². The van der Waals surface area contributed by atoms with Gasteiger partial charge in [-0.2, -0.15) is 0 Å². The van der Waals surface area contributed by atoms with Crippen LogP contribution in [0.4, 0.5) is 0 Å². The van der Waals surface area contributed by atoms with Crippen LogP contribution in [-0.4, -0.2) is 68.4 Å². The molecule has 2 saturated heterocycles. The number of ketones is 2. The number of nitrogens with zero attached hydrogens (tertiary/aromatic N) is 1. The highest BCUT2D eigenvalue weighted by atomic mass is 16.7. The molecule has 3 aromatic rings. The van der Waals surface area contributed by atoms with E-state index in [2.05, 4.69) is 0 Å². The standard InChI is InChI=1S/C33H29NO9/c1-15-11-19-25(21(35)12-15)27-28(34-20(33(40)43-32(19)34)13-17-7-4-3-5-8-17)31(39)26-18(30(27)38)9-6-10-23(26)42-24-14-22(36)29(37)16(2)41-24/h3-12,16,20,22,24,29,32,35-37H,13-14H2,1-2H3/t16-,20-,22+,24-,29-,32-/m0/s1. The van der Waals surface area contributed by atoms with Crippen LogP contribution < -0.4 is 4.74 Å². The molecule has 220 valence electrons. The molecular weight excluding hydrogens is 554 g/mol. The first-order valence-electron chi connectivity index (χ1n) is 14.2. The second-order valence-corrected chi connectivity index (χ2v) is 11.4. The number of rotatable bonds is 4. The van der Waals surface area contributed by atoms with Crippen molar-refractivity contribution < 1.29 is 43.9 Å². The van der Waals surface area contributed by atoms with Crippen molar-refractivity contribution in [3.8, 4) is 11.5 Å². The summed E-state index contributed by atoms with van der Waals surface area (Å²) in [6.07, 6.45) is -4.78. The van der Waals surface area contributed by atoms with Crippen LogP contribution in [0, 0.1) is 6.92 Å². The van der Waals surface area contributed by atoms with Crippen LogP contribution in [-0.2, 0) is 20.7 Å². The summed E-state index contributed by atoms with van der Waals surface area (Å²) in [4.78, 5) is 43.8. The van der Waals surface area contributed by atoms with Gasteiger partial charge in [-0.25, -0.2) is 4.79 Å². The molecule has 10 heteroatoms. The Labute approximate surface area is 246 Å². The van der Waals surface area contributed by atoms with Gasteiger partial charge in [-0.15, -0.1) is 0 Å². The molecule has 0 aromatic heterocycles. The molecule has 0 bridgehead atoms. The SMILES string of the molecule is Cc1cc(O)c2c(c1)[C@@H]1OC(=O)[C@H](Cc3ccccc3)N1C1=C2C(=O)c2cccc(O[C@H]3C[C@@H](O)[C@@H](O)[C@H](C)O3)c2C1=O. The zero-order valence-electron chi connectivity index (χ0n) is 23.4. The number of allylic oxidation sites excluding steroid dienone is 2. The Balaban J connectivity index is 1.37. The number of hydrogen-bond acceptors (Lipinski definition) is 10. The number of esters is 1. The minimum Gasteiger partial charge on any atom is -0.507 e. The summed E-state index contributed by atoms with van der Waals surface area (Å²) in [5.74, 6) is -1.78. The number of Topliss-reactive ketones (excluding diaryl/α,β-unsaturated/α-hetero) is 2. The quantitative estimate of drug-likeness (QED) is 0.392. The third kappa shape index (κ3) is 4.24. The number of aliphatic hydroxyl groups excluding tert-OH is 2. The molecule has 2 fully saturated rings. The smallest absolute Gasteiger partial charge is 0.331 e. The maximum Gasteiger partial charge on any atom is 0.331 e. The highest BCUT2D eigenvalue weighted by Crippen LogP contribution is 2.52. The summed E-state index contributed by atoms with van der Waals surface area (Å²) in [7, 11) is 0. The van der Waals surface area contributed by atoms with Gasteiger partial charge in [-0.1, -0.05) is 42.5 Å². The predicted octanol–water partition coefficient (Wildman–Crippen LogP) is 3.21. The second kappa shape index (κ2) is 10.0. The van der Waals surface area contributed by atoms with Gasteiger partial charge in [0.2, 0.25) is 18.3 Å². The van der Waals surface area contributed by atoms with E-state index in [9.17, 15) is 29.7 Å². The molecule has 3 N–H and O–H groups in total. The van der Waals surface area contributed by atoms with Gasteiger partial charge in [0.25, 0.3) is 0 Å². The van der Waals surface area contributed by atoms with E-state index < -0.39 is 54.4 Å². The van der Waals surface area contributed by atoms with Crippen molar-refractivity contribution in [1.29, 1.82) is 0 Å². The predicted molar refractivity (Wildman–Crippen MR) is 151 cm³/mol. The Hall–Kier alpha value is -4.51. The molecule has 3 aliphatic heterocycles. The molecule has 0 unspecified atom stereocenters. The Morgan fingerprint density at radius 3 is 2.49 bits per heavy atom. The number of aryl methyl sites for hydroxylation is 1. The number of phenolic OH excluding ortho intramolecular Hbond substituents is 1. The number of aromatic hydroxyl groups is 1. The van der Waals surface area contributed by atoms with Crippen molar-refractivity contribution in [2.24, 2.45) is 0 Å². The largest absolute Gasteiger partial charge is 0.507 e. The van der Waals surface area contributed by atoms with E-state index in [1.165, 1.54) is 18.2 Å². The van der Waals surface area contributed by atoms with Gasteiger partial charge in [0.15, 0.2) is 5.78 Å². The normalized spacial score (nSPS) is 27.7. The lowest BCUT2D eigenvalue weighted by molar-refractivity contribution is -0.216. The first-order chi connectivity index (χ1) is 20.6. The molecule has 0 saturated carbocycles. The van der Waals surface area contributed by atoms with Gasteiger partial charge >= 0.3 is 5.97 Å². The minimum absolute atomic E-state index is 0.00385. The zero-order chi connectivity index (χ0) is 30.2. The zero-order valence-corrected chi connectivity index (χ0v) is 23.4. The van der Waals surface area contributed by atoms with Crippen molar-refractivity contribution in [2.45, 2.75) is 63.6 Å². The lowest BCUT2D eigenvalue weighted by Crippen LogP contribution is -2.48. The van der Waals surface area contributed by atoms with E-state index in [4.69, 9.17) is 14.2 Å². The van der Waals surface area contributed by atoms with Crippen molar-refractivity contribution in [1.82, 2.24) is 4.90 Å². The molecule has 0 radical (unpaired) electrons. The van der Waals surface area contributed by atoms with Gasteiger partial charge < -0.3 is 34.4 Å². The molecule has 10 nitrogen and oxygen atoms in total. The molecule has 3 heterocycles. The third-order valence-corrected chi connectivity index (χ3v) is 8.54. The number of aliphatic hydroxyl groups is 2. The summed E-state index contributed by atoms with van der Waals surface area (Å²) in [6, 6.07) is 16.3. The molecule has 7 rings (SSSR count). The van der Waals surface area contributed by atoms with E-state index >= 15 is 0 Å². The Morgan fingerprint density at radius 2 is 1.74 bits per heavy atom. The van der Waals surface area contributed by atoms with E-state index in [0.717, 1.165) is 5.56 Å². The molecule has 4 aliphatic rings. The van der Waals surface area contributed by atoms with E-state index in [1.54, 1.807) is 30.9 Å². The lowest BCUT2D eigenvalue weighted by Gasteiger charge is -2.39. The van der Waals surface area contributed by atoms with Gasteiger partial charge in [0, 0.05) is 29.5 Å².